The molecule has 0 fully saturated rings. The van der Waals surface area contributed by atoms with Crippen molar-refractivity contribution in [2.24, 2.45) is 0 Å². The van der Waals surface area contributed by atoms with Crippen molar-refractivity contribution in [2.75, 3.05) is 6.54 Å². The fraction of sp³-hybridized carbons (Fsp3) is 0.500. The lowest BCUT2D eigenvalue weighted by Gasteiger charge is -2.13. The summed E-state index contributed by atoms with van der Waals surface area (Å²) in [4.78, 5) is 23.9. The molecule has 0 aliphatic heterocycles. The molecule has 7 nitrogen and oxygen atoms in total. The van der Waals surface area contributed by atoms with E-state index in [-0.39, 0.29) is 5.91 Å². The summed E-state index contributed by atoms with van der Waals surface area (Å²) in [6.07, 6.45) is 4.45. The molecule has 1 aromatic heterocycles. The standard InChI is InChI=1S/C20H28ClN5O2S/c1-4-6-7-8-13-26-17(15-9-11-16(21)12-10-15)24-25-20(26)29-14(3)18(27)23-19(28)22-5-2/h9-12,14H,4-8,13H2,1-3H3,(H2,22,23,27,28). The van der Waals surface area contributed by atoms with Crippen LogP contribution in [0.5, 0.6) is 0 Å². The van der Waals surface area contributed by atoms with Crippen molar-refractivity contribution in [1.29, 1.82) is 0 Å². The Kier molecular flexibility index (Phi) is 9.47. The normalized spacial score (nSPS) is 11.9. The van der Waals surface area contributed by atoms with Gasteiger partial charge in [0.05, 0.1) is 5.25 Å². The molecule has 2 rings (SSSR count). The van der Waals surface area contributed by atoms with Crippen LogP contribution in [0.2, 0.25) is 5.02 Å². The largest absolute Gasteiger partial charge is 0.338 e. The molecule has 1 atom stereocenters. The van der Waals surface area contributed by atoms with Crippen molar-refractivity contribution >= 4 is 35.3 Å². The van der Waals surface area contributed by atoms with Gasteiger partial charge < -0.3 is 9.88 Å². The minimum Gasteiger partial charge on any atom is -0.338 e. The van der Waals surface area contributed by atoms with Crippen LogP contribution in [0.25, 0.3) is 11.4 Å². The number of benzene rings is 1. The van der Waals surface area contributed by atoms with Crippen LogP contribution in [-0.2, 0) is 11.3 Å². The van der Waals surface area contributed by atoms with E-state index >= 15 is 0 Å². The van der Waals surface area contributed by atoms with Gasteiger partial charge in [-0.05, 0) is 44.5 Å². The Labute approximate surface area is 181 Å². The van der Waals surface area contributed by atoms with Gasteiger partial charge in [-0.3, -0.25) is 10.1 Å². The first-order chi connectivity index (χ1) is 14.0. The van der Waals surface area contributed by atoms with E-state index in [1.807, 2.05) is 28.8 Å². The molecule has 0 bridgehead atoms. The molecule has 1 unspecified atom stereocenters. The number of nitrogens with zero attached hydrogens (tertiary/aromatic N) is 3. The summed E-state index contributed by atoms with van der Waals surface area (Å²) in [5, 5.41) is 14.4. The average Bonchev–Trinajstić information content (AvgIpc) is 3.08. The van der Waals surface area contributed by atoms with E-state index in [9.17, 15) is 9.59 Å². The fourth-order valence-electron chi connectivity index (χ4n) is 2.72. The fourth-order valence-corrected chi connectivity index (χ4v) is 3.72. The Balaban J connectivity index is 2.18. The highest BCUT2D eigenvalue weighted by Gasteiger charge is 2.22. The van der Waals surface area contributed by atoms with Gasteiger partial charge in [0.1, 0.15) is 0 Å². The second-order valence-electron chi connectivity index (χ2n) is 6.63. The maximum Gasteiger partial charge on any atom is 0.321 e. The number of unbranched alkanes of at least 4 members (excludes halogenated alkanes) is 3. The molecule has 158 valence electrons. The van der Waals surface area contributed by atoms with Gasteiger partial charge in [-0.2, -0.15) is 0 Å². The summed E-state index contributed by atoms with van der Waals surface area (Å²) in [7, 11) is 0. The molecule has 0 aliphatic carbocycles. The number of nitrogens with one attached hydrogen (secondary N) is 2. The molecule has 2 N–H and O–H groups in total. The second kappa shape index (κ2) is 11.8. The van der Waals surface area contributed by atoms with Crippen LogP contribution in [0.4, 0.5) is 4.79 Å². The van der Waals surface area contributed by atoms with E-state index in [1.54, 1.807) is 13.8 Å². The summed E-state index contributed by atoms with van der Waals surface area (Å²) in [6.45, 7) is 6.93. The van der Waals surface area contributed by atoms with Gasteiger partial charge in [0.25, 0.3) is 0 Å². The molecule has 0 saturated heterocycles. The summed E-state index contributed by atoms with van der Waals surface area (Å²) in [5.41, 5.74) is 0.920. The summed E-state index contributed by atoms with van der Waals surface area (Å²) in [6, 6.07) is 6.97. The highest BCUT2D eigenvalue weighted by Crippen LogP contribution is 2.28. The number of carbonyl (C=O) groups excluding carboxylic acids is 2. The van der Waals surface area contributed by atoms with E-state index in [0.717, 1.165) is 37.2 Å². The number of urea groups is 1. The van der Waals surface area contributed by atoms with Crippen LogP contribution in [0, 0.1) is 0 Å². The molecule has 3 amide bonds. The van der Waals surface area contributed by atoms with Crippen LogP contribution in [-0.4, -0.2) is 38.5 Å². The number of imide groups is 1. The predicted molar refractivity (Wildman–Crippen MR) is 117 cm³/mol. The third kappa shape index (κ3) is 7.04. The van der Waals surface area contributed by atoms with Crippen LogP contribution in [0.3, 0.4) is 0 Å². The number of rotatable bonds is 10. The van der Waals surface area contributed by atoms with E-state index < -0.39 is 11.3 Å². The zero-order valence-electron chi connectivity index (χ0n) is 17.1. The maximum atomic E-state index is 12.3. The van der Waals surface area contributed by atoms with Gasteiger partial charge >= 0.3 is 6.03 Å². The number of halogens is 1. The van der Waals surface area contributed by atoms with Crippen molar-refractivity contribution in [2.45, 2.75) is 63.4 Å². The smallest absolute Gasteiger partial charge is 0.321 e. The number of amides is 3. The minimum atomic E-state index is -0.493. The second-order valence-corrected chi connectivity index (χ2v) is 8.38. The number of carbonyl (C=O) groups is 2. The van der Waals surface area contributed by atoms with E-state index in [4.69, 9.17) is 11.6 Å². The third-order valence-electron chi connectivity index (χ3n) is 4.28. The molecule has 0 aliphatic rings. The molecule has 29 heavy (non-hydrogen) atoms. The van der Waals surface area contributed by atoms with Crippen molar-refractivity contribution in [3.63, 3.8) is 0 Å². The van der Waals surface area contributed by atoms with Crippen LogP contribution in [0.1, 0.15) is 46.5 Å². The molecular weight excluding hydrogens is 410 g/mol. The van der Waals surface area contributed by atoms with Crippen LogP contribution in [0.15, 0.2) is 29.4 Å². The number of aromatic nitrogens is 3. The molecule has 9 heteroatoms. The van der Waals surface area contributed by atoms with Crippen molar-refractivity contribution in [3.8, 4) is 11.4 Å². The molecule has 1 heterocycles. The monoisotopic (exact) mass is 437 g/mol. The SMILES string of the molecule is CCCCCCn1c(SC(C)C(=O)NC(=O)NCC)nnc1-c1ccc(Cl)cc1. The number of thioether (sulfide) groups is 1. The topological polar surface area (TPSA) is 88.9 Å². The summed E-state index contributed by atoms with van der Waals surface area (Å²) >= 11 is 7.30. The van der Waals surface area contributed by atoms with E-state index in [2.05, 4.69) is 27.8 Å². The highest BCUT2D eigenvalue weighted by molar-refractivity contribution is 8.00. The van der Waals surface area contributed by atoms with Crippen LogP contribution < -0.4 is 10.6 Å². The zero-order chi connectivity index (χ0) is 21.2. The number of hydrogen-bond donors (Lipinski definition) is 2. The van der Waals surface area contributed by atoms with Gasteiger partial charge in [0, 0.05) is 23.7 Å². The Morgan fingerprint density at radius 1 is 1.14 bits per heavy atom. The predicted octanol–water partition coefficient (Wildman–Crippen LogP) is 4.51. The van der Waals surface area contributed by atoms with Crippen LogP contribution >= 0.6 is 23.4 Å². The Morgan fingerprint density at radius 3 is 2.52 bits per heavy atom. The van der Waals surface area contributed by atoms with Gasteiger partial charge in [0.2, 0.25) is 5.91 Å². The highest BCUT2D eigenvalue weighted by atomic mass is 35.5. The van der Waals surface area contributed by atoms with Gasteiger partial charge in [-0.1, -0.05) is 49.5 Å². The lowest BCUT2D eigenvalue weighted by molar-refractivity contribution is -0.119. The minimum absolute atomic E-state index is 0.366. The van der Waals surface area contributed by atoms with Crippen molar-refractivity contribution in [1.82, 2.24) is 25.4 Å². The number of hydrogen-bond acceptors (Lipinski definition) is 5. The first-order valence-corrected chi connectivity index (χ1v) is 11.2. The van der Waals surface area contributed by atoms with Crippen molar-refractivity contribution in [3.05, 3.63) is 29.3 Å². The van der Waals surface area contributed by atoms with Gasteiger partial charge in [-0.25, -0.2) is 4.79 Å². The molecule has 0 radical (unpaired) electrons. The zero-order valence-corrected chi connectivity index (χ0v) is 18.6. The first-order valence-electron chi connectivity index (χ1n) is 9.90. The molecule has 0 spiro atoms. The van der Waals surface area contributed by atoms with E-state index in [1.165, 1.54) is 18.2 Å². The molecule has 2 aromatic rings. The Morgan fingerprint density at radius 2 is 1.86 bits per heavy atom. The lowest BCUT2D eigenvalue weighted by atomic mass is 10.2. The Hall–Kier alpha value is -2.06. The average molecular weight is 438 g/mol. The summed E-state index contributed by atoms with van der Waals surface area (Å²) < 4.78 is 2.04. The van der Waals surface area contributed by atoms with Gasteiger partial charge in [0.15, 0.2) is 11.0 Å². The molecule has 0 saturated carbocycles. The van der Waals surface area contributed by atoms with Gasteiger partial charge in [-0.15, -0.1) is 10.2 Å². The Bertz CT molecular complexity index is 810. The quantitative estimate of drug-likeness (QED) is 0.421. The summed E-state index contributed by atoms with van der Waals surface area (Å²) in [5.74, 6) is 0.381. The maximum absolute atomic E-state index is 12.3. The molecule has 1 aromatic carbocycles. The lowest BCUT2D eigenvalue weighted by Crippen LogP contribution is -2.42. The van der Waals surface area contributed by atoms with E-state index in [0.29, 0.717) is 16.7 Å². The molecular formula is C20H28ClN5O2S. The third-order valence-corrected chi connectivity index (χ3v) is 5.61. The first kappa shape index (κ1) is 23.2. The van der Waals surface area contributed by atoms with Crippen molar-refractivity contribution < 1.29 is 9.59 Å².